The number of nitrogens with zero attached hydrogens (tertiary/aromatic N) is 5. The van der Waals surface area contributed by atoms with Crippen LogP contribution in [0.25, 0.3) is 0 Å². The largest absolute Gasteiger partial charge is 0.351 e. The van der Waals surface area contributed by atoms with Crippen molar-refractivity contribution in [3.05, 3.63) is 65.5 Å². The zero-order valence-corrected chi connectivity index (χ0v) is 14.8. The number of aryl methyl sites for hydroxylation is 2. The first kappa shape index (κ1) is 17.8. The highest BCUT2D eigenvalue weighted by molar-refractivity contribution is 5.91. The zero-order valence-electron chi connectivity index (χ0n) is 14.8. The number of benzene rings is 1. The molecule has 0 fully saturated rings. The fraction of sp³-hybridized carbons (Fsp3) is 0.333. The average molecular weight is 356 g/mol. The van der Waals surface area contributed by atoms with Crippen LogP contribution in [0.3, 0.4) is 0 Å². The molecule has 1 atom stereocenters. The Labute approximate surface area is 150 Å². The Morgan fingerprint density at radius 2 is 2.12 bits per heavy atom. The molecule has 2 heterocycles. The van der Waals surface area contributed by atoms with Gasteiger partial charge in [0.2, 0.25) is 0 Å². The quantitative estimate of drug-likeness (QED) is 0.659. The number of amides is 1. The Balaban J connectivity index is 1.53. The topological polar surface area (TPSA) is 77.6 Å². The van der Waals surface area contributed by atoms with E-state index in [4.69, 9.17) is 0 Å². The molecule has 0 saturated carbocycles. The summed E-state index contributed by atoms with van der Waals surface area (Å²) in [7, 11) is 0. The third kappa shape index (κ3) is 4.14. The van der Waals surface area contributed by atoms with Crippen LogP contribution in [0.2, 0.25) is 0 Å². The molecule has 0 bridgehead atoms. The van der Waals surface area contributed by atoms with E-state index in [1.54, 1.807) is 25.1 Å². The van der Waals surface area contributed by atoms with Gasteiger partial charge in [-0.25, -0.2) is 9.07 Å². The molecule has 3 rings (SSSR count). The summed E-state index contributed by atoms with van der Waals surface area (Å²) < 4.78 is 17.2. The SMILES string of the molecule is Cc1ccn(CCCNC(=O)c2cn([C@H](C)c3ccccc3F)nn2)n1. The van der Waals surface area contributed by atoms with Crippen molar-refractivity contribution in [2.75, 3.05) is 6.54 Å². The van der Waals surface area contributed by atoms with Crippen LogP contribution in [-0.4, -0.2) is 37.2 Å². The van der Waals surface area contributed by atoms with Gasteiger partial charge in [0.15, 0.2) is 5.69 Å². The standard InChI is InChI=1S/C18H21FN6O/c1-13-8-11-24(22-13)10-5-9-20-18(26)17-12-25(23-21-17)14(2)15-6-3-4-7-16(15)19/h3-4,6-8,11-12,14H,5,9-10H2,1-2H3,(H,20,26)/t14-/m1/s1. The number of aromatic nitrogens is 5. The van der Waals surface area contributed by atoms with Crippen LogP contribution in [0.15, 0.2) is 42.7 Å². The van der Waals surface area contributed by atoms with Crippen molar-refractivity contribution in [3.8, 4) is 0 Å². The van der Waals surface area contributed by atoms with Gasteiger partial charge in [-0.05, 0) is 32.4 Å². The van der Waals surface area contributed by atoms with E-state index in [0.29, 0.717) is 12.1 Å². The summed E-state index contributed by atoms with van der Waals surface area (Å²) in [6.45, 7) is 4.98. The maximum atomic E-state index is 13.9. The molecule has 1 amide bonds. The van der Waals surface area contributed by atoms with E-state index in [1.807, 2.05) is 23.9 Å². The molecule has 3 aromatic rings. The molecular formula is C18H21FN6O. The number of hydrogen-bond donors (Lipinski definition) is 1. The van der Waals surface area contributed by atoms with E-state index in [-0.39, 0.29) is 23.5 Å². The van der Waals surface area contributed by atoms with E-state index in [0.717, 1.165) is 18.7 Å². The first-order valence-corrected chi connectivity index (χ1v) is 8.49. The minimum atomic E-state index is -0.353. The normalized spacial score (nSPS) is 12.1. The highest BCUT2D eigenvalue weighted by atomic mass is 19.1. The molecule has 0 radical (unpaired) electrons. The van der Waals surface area contributed by atoms with E-state index < -0.39 is 0 Å². The molecular weight excluding hydrogens is 335 g/mol. The lowest BCUT2D eigenvalue weighted by Crippen LogP contribution is -2.25. The van der Waals surface area contributed by atoms with Crippen molar-refractivity contribution in [1.82, 2.24) is 30.1 Å². The Morgan fingerprint density at radius 1 is 1.31 bits per heavy atom. The van der Waals surface area contributed by atoms with Gasteiger partial charge >= 0.3 is 0 Å². The first-order chi connectivity index (χ1) is 12.5. The zero-order chi connectivity index (χ0) is 18.5. The Bertz CT molecular complexity index is 887. The lowest BCUT2D eigenvalue weighted by atomic mass is 10.1. The first-order valence-electron chi connectivity index (χ1n) is 8.49. The second kappa shape index (κ2) is 7.90. The van der Waals surface area contributed by atoms with Gasteiger partial charge in [-0.1, -0.05) is 23.4 Å². The summed E-state index contributed by atoms with van der Waals surface area (Å²) in [6.07, 6.45) is 4.20. The molecule has 7 nitrogen and oxygen atoms in total. The monoisotopic (exact) mass is 356 g/mol. The summed E-state index contributed by atoms with van der Waals surface area (Å²) in [6, 6.07) is 8.08. The van der Waals surface area contributed by atoms with Gasteiger partial charge in [0, 0.05) is 24.8 Å². The van der Waals surface area contributed by atoms with Gasteiger partial charge in [-0.15, -0.1) is 5.10 Å². The van der Waals surface area contributed by atoms with Crippen LogP contribution in [-0.2, 0) is 6.54 Å². The summed E-state index contributed by atoms with van der Waals surface area (Å²) in [4.78, 5) is 12.2. The Kier molecular flexibility index (Phi) is 5.40. The van der Waals surface area contributed by atoms with E-state index in [2.05, 4.69) is 20.7 Å². The number of rotatable bonds is 7. The molecule has 2 aromatic heterocycles. The molecule has 0 saturated heterocycles. The van der Waals surface area contributed by atoms with E-state index >= 15 is 0 Å². The van der Waals surface area contributed by atoms with Crippen molar-refractivity contribution in [1.29, 1.82) is 0 Å². The van der Waals surface area contributed by atoms with Gasteiger partial charge < -0.3 is 5.32 Å². The Morgan fingerprint density at radius 3 is 2.85 bits per heavy atom. The summed E-state index contributed by atoms with van der Waals surface area (Å²) >= 11 is 0. The molecule has 0 aliphatic rings. The van der Waals surface area contributed by atoms with Gasteiger partial charge in [-0.2, -0.15) is 5.10 Å². The molecule has 0 aliphatic heterocycles. The minimum absolute atomic E-state index is 0.211. The van der Waals surface area contributed by atoms with Crippen LogP contribution in [0, 0.1) is 12.7 Å². The number of halogens is 1. The molecule has 1 N–H and O–H groups in total. The summed E-state index contributed by atoms with van der Waals surface area (Å²) in [5.41, 5.74) is 1.68. The van der Waals surface area contributed by atoms with Crippen molar-refractivity contribution in [3.63, 3.8) is 0 Å². The highest BCUT2D eigenvalue weighted by Gasteiger charge is 2.16. The number of nitrogens with one attached hydrogen (secondary N) is 1. The third-order valence-corrected chi connectivity index (χ3v) is 4.12. The lowest BCUT2D eigenvalue weighted by Gasteiger charge is -2.12. The van der Waals surface area contributed by atoms with Crippen LogP contribution in [0.4, 0.5) is 4.39 Å². The van der Waals surface area contributed by atoms with Crippen molar-refractivity contribution >= 4 is 5.91 Å². The number of hydrogen-bond acceptors (Lipinski definition) is 4. The maximum Gasteiger partial charge on any atom is 0.273 e. The molecule has 0 unspecified atom stereocenters. The molecule has 136 valence electrons. The van der Waals surface area contributed by atoms with Crippen LogP contribution < -0.4 is 5.32 Å². The summed E-state index contributed by atoms with van der Waals surface area (Å²) in [5, 5.41) is 15.0. The third-order valence-electron chi connectivity index (χ3n) is 4.12. The van der Waals surface area contributed by atoms with Gasteiger partial charge in [0.25, 0.3) is 5.91 Å². The molecule has 8 heteroatoms. The predicted molar refractivity (Wildman–Crippen MR) is 94.1 cm³/mol. The smallest absolute Gasteiger partial charge is 0.273 e. The van der Waals surface area contributed by atoms with Crippen LogP contribution in [0.1, 0.15) is 41.1 Å². The second-order valence-corrected chi connectivity index (χ2v) is 6.11. The minimum Gasteiger partial charge on any atom is -0.351 e. The Hall–Kier alpha value is -3.03. The number of carbonyl (C=O) groups excluding carboxylic acids is 1. The maximum absolute atomic E-state index is 13.9. The van der Waals surface area contributed by atoms with Gasteiger partial charge in [0.05, 0.1) is 17.9 Å². The fourth-order valence-corrected chi connectivity index (χ4v) is 2.65. The number of carbonyl (C=O) groups is 1. The molecule has 0 spiro atoms. The van der Waals surface area contributed by atoms with E-state index in [9.17, 15) is 9.18 Å². The molecule has 26 heavy (non-hydrogen) atoms. The highest BCUT2D eigenvalue weighted by Crippen LogP contribution is 2.19. The second-order valence-electron chi connectivity index (χ2n) is 6.11. The van der Waals surface area contributed by atoms with Gasteiger partial charge in [0.1, 0.15) is 5.82 Å². The van der Waals surface area contributed by atoms with E-state index in [1.165, 1.54) is 16.9 Å². The van der Waals surface area contributed by atoms with Crippen molar-refractivity contribution < 1.29 is 9.18 Å². The van der Waals surface area contributed by atoms with Crippen molar-refractivity contribution in [2.45, 2.75) is 32.9 Å². The predicted octanol–water partition coefficient (Wildman–Crippen LogP) is 2.35. The van der Waals surface area contributed by atoms with Crippen LogP contribution in [0.5, 0.6) is 0 Å². The summed E-state index contributed by atoms with van der Waals surface area (Å²) in [5.74, 6) is -0.607. The van der Waals surface area contributed by atoms with Crippen molar-refractivity contribution in [2.24, 2.45) is 0 Å². The average Bonchev–Trinajstić information content (AvgIpc) is 3.28. The molecule has 0 aliphatic carbocycles. The van der Waals surface area contributed by atoms with Crippen LogP contribution >= 0.6 is 0 Å². The lowest BCUT2D eigenvalue weighted by molar-refractivity contribution is 0.0947. The fourth-order valence-electron chi connectivity index (χ4n) is 2.65. The molecule has 1 aromatic carbocycles. The van der Waals surface area contributed by atoms with Gasteiger partial charge in [-0.3, -0.25) is 9.48 Å².